The first-order chi connectivity index (χ1) is 9.81. The van der Waals surface area contributed by atoms with Crippen LogP contribution in [0, 0.1) is 5.92 Å². The molecule has 0 aromatic carbocycles. The third-order valence-corrected chi connectivity index (χ3v) is 4.09. The smallest absolute Gasteiger partial charge is 0.254 e. The Morgan fingerprint density at radius 2 is 2.30 bits per heavy atom. The molecule has 20 heavy (non-hydrogen) atoms. The van der Waals surface area contributed by atoms with Crippen LogP contribution in [0.1, 0.15) is 12.8 Å². The molecule has 0 unspecified atom stereocenters. The molecule has 1 saturated carbocycles. The van der Waals surface area contributed by atoms with Gasteiger partial charge in [0.25, 0.3) is 11.7 Å². The minimum Gasteiger partial charge on any atom is -0.293 e. The third kappa shape index (κ3) is 1.96. The number of nitrogens with zero attached hydrogens (tertiary/aromatic N) is 4. The maximum atomic E-state index is 11.7. The van der Waals surface area contributed by atoms with Crippen LogP contribution in [0.4, 0.5) is 5.95 Å². The standard InChI is InChI=1S/C13H11N5OS/c19-11(8-3-4-8)15-12-16-13-14-6-5-9(18(13)17-12)10-2-1-7-20-10/h1-2,5-8H,3-4H2,(H,15,17,19). The van der Waals surface area contributed by atoms with Crippen molar-refractivity contribution in [3.63, 3.8) is 0 Å². The molecule has 1 N–H and O–H groups in total. The average molecular weight is 285 g/mol. The van der Waals surface area contributed by atoms with Gasteiger partial charge >= 0.3 is 0 Å². The maximum Gasteiger partial charge on any atom is 0.254 e. The maximum absolute atomic E-state index is 11.7. The molecular formula is C13H11N5OS. The monoisotopic (exact) mass is 285 g/mol. The molecule has 1 fully saturated rings. The molecule has 1 amide bonds. The molecule has 0 radical (unpaired) electrons. The normalized spacial score (nSPS) is 14.6. The molecule has 0 bridgehead atoms. The van der Waals surface area contributed by atoms with E-state index in [9.17, 15) is 4.79 Å². The highest BCUT2D eigenvalue weighted by molar-refractivity contribution is 7.13. The van der Waals surface area contributed by atoms with E-state index >= 15 is 0 Å². The summed E-state index contributed by atoms with van der Waals surface area (Å²) in [6.07, 6.45) is 3.61. The minimum absolute atomic E-state index is 0.00132. The van der Waals surface area contributed by atoms with Crippen molar-refractivity contribution in [2.24, 2.45) is 5.92 Å². The number of aromatic nitrogens is 4. The van der Waals surface area contributed by atoms with Gasteiger partial charge in [0, 0.05) is 12.1 Å². The predicted octanol–water partition coefficient (Wildman–Crippen LogP) is 2.20. The van der Waals surface area contributed by atoms with Crippen LogP contribution in [0.15, 0.2) is 29.8 Å². The van der Waals surface area contributed by atoms with Gasteiger partial charge in [-0.05, 0) is 30.4 Å². The summed E-state index contributed by atoms with van der Waals surface area (Å²) >= 11 is 1.63. The van der Waals surface area contributed by atoms with Crippen LogP contribution < -0.4 is 5.32 Å². The van der Waals surface area contributed by atoms with E-state index in [1.165, 1.54) is 0 Å². The summed E-state index contributed by atoms with van der Waals surface area (Å²) < 4.78 is 1.66. The van der Waals surface area contributed by atoms with E-state index in [-0.39, 0.29) is 11.8 Å². The fourth-order valence-electron chi connectivity index (χ4n) is 2.02. The third-order valence-electron chi connectivity index (χ3n) is 3.20. The Balaban J connectivity index is 1.75. The SMILES string of the molecule is O=C(Nc1nc2nccc(-c3cccs3)n2n1)C1CC1. The minimum atomic E-state index is -0.00132. The fourth-order valence-corrected chi connectivity index (χ4v) is 2.75. The van der Waals surface area contributed by atoms with Crippen molar-refractivity contribution in [3.05, 3.63) is 29.8 Å². The van der Waals surface area contributed by atoms with Crippen molar-refractivity contribution in [1.29, 1.82) is 0 Å². The van der Waals surface area contributed by atoms with Gasteiger partial charge in [0.2, 0.25) is 5.91 Å². The number of fused-ring (bicyclic) bond motifs is 1. The molecule has 0 spiro atoms. The molecule has 6 nitrogen and oxygen atoms in total. The quantitative estimate of drug-likeness (QED) is 0.800. The van der Waals surface area contributed by atoms with Crippen molar-refractivity contribution < 1.29 is 4.79 Å². The van der Waals surface area contributed by atoms with Crippen LogP contribution in [0.5, 0.6) is 0 Å². The van der Waals surface area contributed by atoms with Crippen LogP contribution >= 0.6 is 11.3 Å². The first kappa shape index (κ1) is 11.5. The highest BCUT2D eigenvalue weighted by Crippen LogP contribution is 2.30. The summed E-state index contributed by atoms with van der Waals surface area (Å²) in [6, 6.07) is 5.89. The lowest BCUT2D eigenvalue weighted by Gasteiger charge is -1.99. The van der Waals surface area contributed by atoms with Crippen molar-refractivity contribution >= 4 is 29.0 Å². The van der Waals surface area contributed by atoms with Gasteiger partial charge in [-0.2, -0.15) is 9.50 Å². The Morgan fingerprint density at radius 1 is 1.40 bits per heavy atom. The second-order valence-electron chi connectivity index (χ2n) is 4.72. The first-order valence-corrected chi connectivity index (χ1v) is 7.26. The number of nitrogens with one attached hydrogen (secondary N) is 1. The number of hydrogen-bond donors (Lipinski definition) is 1. The van der Waals surface area contributed by atoms with Crippen molar-refractivity contribution in [1.82, 2.24) is 19.6 Å². The Kier molecular flexibility index (Phi) is 2.53. The van der Waals surface area contributed by atoms with Crippen molar-refractivity contribution in [3.8, 4) is 10.6 Å². The topological polar surface area (TPSA) is 72.2 Å². The molecule has 3 aromatic heterocycles. The van der Waals surface area contributed by atoms with Gasteiger partial charge in [-0.15, -0.1) is 16.4 Å². The molecule has 4 rings (SSSR count). The average Bonchev–Trinajstić information content (AvgIpc) is 3.00. The van der Waals surface area contributed by atoms with Gasteiger partial charge < -0.3 is 0 Å². The van der Waals surface area contributed by atoms with Gasteiger partial charge in [0.15, 0.2) is 0 Å². The van der Waals surface area contributed by atoms with Crippen LogP contribution in [-0.4, -0.2) is 25.5 Å². The van der Waals surface area contributed by atoms with Gasteiger partial charge in [0.05, 0.1) is 10.6 Å². The Hall–Kier alpha value is -2.28. The molecular weight excluding hydrogens is 274 g/mol. The zero-order valence-electron chi connectivity index (χ0n) is 10.5. The molecule has 7 heteroatoms. The van der Waals surface area contributed by atoms with E-state index in [0.29, 0.717) is 11.7 Å². The number of carbonyl (C=O) groups is 1. The number of rotatable bonds is 3. The Morgan fingerprint density at radius 3 is 3.05 bits per heavy atom. The fraction of sp³-hybridized carbons (Fsp3) is 0.231. The predicted molar refractivity (Wildman–Crippen MR) is 75.4 cm³/mol. The zero-order valence-corrected chi connectivity index (χ0v) is 11.3. The molecule has 0 atom stereocenters. The second kappa shape index (κ2) is 4.38. The lowest BCUT2D eigenvalue weighted by atomic mass is 10.3. The number of anilines is 1. The highest BCUT2D eigenvalue weighted by Gasteiger charge is 2.30. The second-order valence-corrected chi connectivity index (χ2v) is 5.67. The van der Waals surface area contributed by atoms with Gasteiger partial charge in [-0.1, -0.05) is 6.07 Å². The van der Waals surface area contributed by atoms with Crippen LogP contribution in [0.3, 0.4) is 0 Å². The van der Waals surface area contributed by atoms with Gasteiger partial charge in [-0.25, -0.2) is 4.98 Å². The van der Waals surface area contributed by atoms with Gasteiger partial charge in [-0.3, -0.25) is 10.1 Å². The number of hydrogen-bond acceptors (Lipinski definition) is 5. The summed E-state index contributed by atoms with van der Waals surface area (Å²) in [5.41, 5.74) is 0.921. The van der Waals surface area contributed by atoms with E-state index < -0.39 is 0 Å². The number of carbonyl (C=O) groups excluding carboxylic acids is 1. The molecule has 0 aliphatic heterocycles. The molecule has 1 aliphatic rings. The largest absolute Gasteiger partial charge is 0.293 e. The number of amides is 1. The van der Waals surface area contributed by atoms with E-state index in [4.69, 9.17) is 0 Å². The lowest BCUT2D eigenvalue weighted by molar-refractivity contribution is -0.117. The highest BCUT2D eigenvalue weighted by atomic mass is 32.1. The first-order valence-electron chi connectivity index (χ1n) is 6.38. The molecule has 3 aromatic rings. The Labute approximate surface area is 118 Å². The number of thiophene rings is 1. The van der Waals surface area contributed by atoms with E-state index in [1.54, 1.807) is 22.0 Å². The molecule has 100 valence electrons. The summed E-state index contributed by atoms with van der Waals surface area (Å²) in [5, 5.41) is 9.09. The van der Waals surface area contributed by atoms with E-state index in [0.717, 1.165) is 23.4 Å². The summed E-state index contributed by atoms with van der Waals surface area (Å²) in [6.45, 7) is 0. The summed E-state index contributed by atoms with van der Waals surface area (Å²) in [5.74, 6) is 0.935. The molecule has 3 heterocycles. The van der Waals surface area contributed by atoms with E-state index in [1.807, 2.05) is 23.6 Å². The van der Waals surface area contributed by atoms with Crippen LogP contribution in [0.25, 0.3) is 16.3 Å². The lowest BCUT2D eigenvalue weighted by Crippen LogP contribution is -2.14. The van der Waals surface area contributed by atoms with E-state index in [2.05, 4.69) is 20.4 Å². The summed E-state index contributed by atoms with van der Waals surface area (Å²) in [7, 11) is 0. The van der Waals surface area contributed by atoms with Crippen LogP contribution in [-0.2, 0) is 4.79 Å². The summed E-state index contributed by atoms with van der Waals surface area (Å²) in [4.78, 5) is 21.3. The van der Waals surface area contributed by atoms with Crippen molar-refractivity contribution in [2.75, 3.05) is 5.32 Å². The van der Waals surface area contributed by atoms with Crippen molar-refractivity contribution in [2.45, 2.75) is 12.8 Å². The zero-order chi connectivity index (χ0) is 13.5. The molecule has 1 aliphatic carbocycles. The molecule has 0 saturated heterocycles. The van der Waals surface area contributed by atoms with Gasteiger partial charge in [0.1, 0.15) is 0 Å². The van der Waals surface area contributed by atoms with Crippen LogP contribution in [0.2, 0.25) is 0 Å². The Bertz CT molecular complexity index is 775.